The summed E-state index contributed by atoms with van der Waals surface area (Å²) in [5.74, 6) is -0.281. The fraction of sp³-hybridized carbons (Fsp3) is 0.261. The number of aryl methyl sites for hydroxylation is 1. The van der Waals surface area contributed by atoms with Crippen molar-refractivity contribution in [1.82, 2.24) is 14.9 Å². The lowest BCUT2D eigenvalue weighted by Crippen LogP contribution is -2.32. The van der Waals surface area contributed by atoms with Crippen molar-refractivity contribution in [3.8, 4) is 17.0 Å². The minimum absolute atomic E-state index is 0.222. The van der Waals surface area contributed by atoms with E-state index < -0.39 is 5.91 Å². The summed E-state index contributed by atoms with van der Waals surface area (Å²) in [5, 5.41) is 0. The number of primary amides is 1. The quantitative estimate of drug-likeness (QED) is 0.703. The third kappa shape index (κ3) is 4.02. The average Bonchev–Trinajstić information content (AvgIpc) is 2.73. The Hall–Kier alpha value is -3.32. The van der Waals surface area contributed by atoms with Crippen molar-refractivity contribution in [3.05, 3.63) is 76.5 Å². The SMILES string of the molecule is COc1cc(CN2CCc3c(-c4ccc(F)cc4C)cc(C(N)=O)nc3C2)ccn1. The molecule has 3 aromatic rings. The van der Waals surface area contributed by atoms with Gasteiger partial charge in [-0.3, -0.25) is 9.69 Å². The molecule has 2 aromatic heterocycles. The Morgan fingerprint density at radius 1 is 1.23 bits per heavy atom. The van der Waals surface area contributed by atoms with Crippen LogP contribution < -0.4 is 10.5 Å². The molecule has 1 aliphatic heterocycles. The molecular formula is C23H23FN4O2. The molecule has 0 aliphatic carbocycles. The number of amides is 1. The second kappa shape index (κ2) is 8.20. The second-order valence-corrected chi connectivity index (χ2v) is 7.47. The van der Waals surface area contributed by atoms with E-state index in [0.29, 0.717) is 19.0 Å². The molecular weight excluding hydrogens is 383 g/mol. The van der Waals surface area contributed by atoms with Gasteiger partial charge in [0.2, 0.25) is 5.88 Å². The van der Waals surface area contributed by atoms with Crippen LogP contribution in [-0.4, -0.2) is 34.4 Å². The molecule has 3 heterocycles. The molecule has 0 saturated heterocycles. The zero-order valence-corrected chi connectivity index (χ0v) is 17.0. The van der Waals surface area contributed by atoms with Gasteiger partial charge < -0.3 is 10.5 Å². The highest BCUT2D eigenvalue weighted by Crippen LogP contribution is 2.33. The van der Waals surface area contributed by atoms with Crippen LogP contribution in [0.3, 0.4) is 0 Å². The maximum atomic E-state index is 13.6. The maximum absolute atomic E-state index is 13.6. The van der Waals surface area contributed by atoms with Crippen molar-refractivity contribution in [2.24, 2.45) is 5.73 Å². The summed E-state index contributed by atoms with van der Waals surface area (Å²) >= 11 is 0. The van der Waals surface area contributed by atoms with Gasteiger partial charge in [0.15, 0.2) is 0 Å². The number of methoxy groups -OCH3 is 1. The highest BCUT2D eigenvalue weighted by atomic mass is 19.1. The van der Waals surface area contributed by atoms with Crippen LogP contribution in [0.25, 0.3) is 11.1 Å². The molecule has 0 radical (unpaired) electrons. The number of hydrogen-bond acceptors (Lipinski definition) is 5. The van der Waals surface area contributed by atoms with E-state index in [1.165, 1.54) is 12.1 Å². The van der Waals surface area contributed by atoms with Gasteiger partial charge in [0.05, 0.1) is 12.8 Å². The Bertz CT molecular complexity index is 1120. The number of ether oxygens (including phenoxy) is 1. The van der Waals surface area contributed by atoms with Gasteiger partial charge in [-0.2, -0.15) is 0 Å². The number of fused-ring (bicyclic) bond motifs is 1. The van der Waals surface area contributed by atoms with Crippen molar-refractivity contribution < 1.29 is 13.9 Å². The lowest BCUT2D eigenvalue weighted by molar-refractivity contribution is 0.0995. The summed E-state index contributed by atoms with van der Waals surface area (Å²) in [6, 6.07) is 10.3. The second-order valence-electron chi connectivity index (χ2n) is 7.47. The molecule has 0 saturated carbocycles. The van der Waals surface area contributed by atoms with Crippen LogP contribution in [0.5, 0.6) is 5.88 Å². The highest BCUT2D eigenvalue weighted by molar-refractivity contribution is 5.92. The van der Waals surface area contributed by atoms with Crippen molar-refractivity contribution in [3.63, 3.8) is 0 Å². The Kier molecular flexibility index (Phi) is 5.46. The van der Waals surface area contributed by atoms with Crippen molar-refractivity contribution in [2.45, 2.75) is 26.4 Å². The van der Waals surface area contributed by atoms with Gasteiger partial charge in [0.1, 0.15) is 11.5 Å². The Balaban J connectivity index is 1.69. The molecule has 6 nitrogen and oxygen atoms in total. The molecule has 0 fully saturated rings. The van der Waals surface area contributed by atoms with E-state index in [1.807, 2.05) is 19.1 Å². The minimum Gasteiger partial charge on any atom is -0.481 e. The number of benzene rings is 1. The van der Waals surface area contributed by atoms with E-state index in [0.717, 1.165) is 46.5 Å². The number of halogens is 1. The van der Waals surface area contributed by atoms with E-state index in [2.05, 4.69) is 14.9 Å². The van der Waals surface area contributed by atoms with Gasteiger partial charge in [-0.25, -0.2) is 14.4 Å². The van der Waals surface area contributed by atoms with E-state index in [9.17, 15) is 9.18 Å². The van der Waals surface area contributed by atoms with Gasteiger partial charge in [0, 0.05) is 31.9 Å². The summed E-state index contributed by atoms with van der Waals surface area (Å²) in [6.07, 6.45) is 2.50. The first-order chi connectivity index (χ1) is 14.4. The molecule has 0 bridgehead atoms. The summed E-state index contributed by atoms with van der Waals surface area (Å²) in [6.45, 7) is 4.00. The summed E-state index contributed by atoms with van der Waals surface area (Å²) in [5.41, 5.74) is 11.4. The van der Waals surface area contributed by atoms with Crippen LogP contribution in [0.15, 0.2) is 42.6 Å². The Morgan fingerprint density at radius 2 is 2.07 bits per heavy atom. The van der Waals surface area contributed by atoms with E-state index >= 15 is 0 Å². The molecule has 1 aliphatic rings. The van der Waals surface area contributed by atoms with E-state index in [-0.39, 0.29) is 11.5 Å². The molecule has 30 heavy (non-hydrogen) atoms. The van der Waals surface area contributed by atoms with Crippen molar-refractivity contribution in [1.29, 1.82) is 0 Å². The first-order valence-electron chi connectivity index (χ1n) is 9.75. The van der Waals surface area contributed by atoms with Crippen molar-refractivity contribution >= 4 is 5.91 Å². The fourth-order valence-electron chi connectivity index (χ4n) is 3.94. The smallest absolute Gasteiger partial charge is 0.267 e. The predicted molar refractivity (Wildman–Crippen MR) is 111 cm³/mol. The van der Waals surface area contributed by atoms with Crippen LogP contribution in [-0.2, 0) is 19.5 Å². The van der Waals surface area contributed by atoms with Crippen molar-refractivity contribution in [2.75, 3.05) is 13.7 Å². The normalized spacial score (nSPS) is 13.7. The average molecular weight is 406 g/mol. The first-order valence-corrected chi connectivity index (χ1v) is 9.75. The number of nitrogens with zero attached hydrogens (tertiary/aromatic N) is 3. The van der Waals surface area contributed by atoms with Crippen LogP contribution >= 0.6 is 0 Å². The third-order valence-electron chi connectivity index (χ3n) is 5.41. The summed E-state index contributed by atoms with van der Waals surface area (Å²) in [7, 11) is 1.59. The lowest BCUT2D eigenvalue weighted by Gasteiger charge is -2.30. The maximum Gasteiger partial charge on any atom is 0.267 e. The predicted octanol–water partition coefficient (Wildman–Crippen LogP) is 3.26. The fourth-order valence-corrected chi connectivity index (χ4v) is 3.94. The highest BCUT2D eigenvalue weighted by Gasteiger charge is 2.24. The summed E-state index contributed by atoms with van der Waals surface area (Å²) in [4.78, 5) is 22.9. The minimum atomic E-state index is -0.574. The van der Waals surface area contributed by atoms with E-state index in [4.69, 9.17) is 10.5 Å². The van der Waals surface area contributed by atoms with Gasteiger partial charge in [-0.1, -0.05) is 6.07 Å². The van der Waals surface area contributed by atoms with Gasteiger partial charge in [0.25, 0.3) is 5.91 Å². The summed E-state index contributed by atoms with van der Waals surface area (Å²) < 4.78 is 18.8. The first kappa shape index (κ1) is 20.0. The monoisotopic (exact) mass is 406 g/mol. The molecule has 2 N–H and O–H groups in total. The Morgan fingerprint density at radius 3 is 2.80 bits per heavy atom. The van der Waals surface area contributed by atoms with E-state index in [1.54, 1.807) is 25.4 Å². The van der Waals surface area contributed by atoms with Crippen LogP contribution in [0.1, 0.15) is 32.9 Å². The largest absolute Gasteiger partial charge is 0.481 e. The van der Waals surface area contributed by atoms with Crippen LogP contribution in [0.2, 0.25) is 0 Å². The van der Waals surface area contributed by atoms with Gasteiger partial charge in [-0.15, -0.1) is 0 Å². The molecule has 0 atom stereocenters. The Labute approximate surface area is 174 Å². The number of carbonyl (C=O) groups excluding carboxylic acids is 1. The number of nitrogens with two attached hydrogens (primary N) is 1. The number of hydrogen-bond donors (Lipinski definition) is 1. The third-order valence-corrected chi connectivity index (χ3v) is 5.41. The molecule has 1 amide bonds. The molecule has 0 spiro atoms. The number of aromatic nitrogens is 2. The molecule has 154 valence electrons. The zero-order chi connectivity index (χ0) is 21.3. The molecule has 0 unspecified atom stereocenters. The van der Waals surface area contributed by atoms with Crippen LogP contribution in [0.4, 0.5) is 4.39 Å². The molecule has 7 heteroatoms. The number of carbonyl (C=O) groups is 1. The molecule has 4 rings (SSSR count). The topological polar surface area (TPSA) is 81.3 Å². The standard InChI is InChI=1S/C23H23FN4O2/c1-14-9-16(24)3-4-17(14)19-11-20(23(25)29)27-21-13-28(8-6-18(19)21)12-15-5-7-26-22(10-15)30-2/h3-5,7,9-11H,6,8,12-13H2,1-2H3,(H2,25,29). The van der Waals surface area contributed by atoms with Crippen LogP contribution in [0, 0.1) is 12.7 Å². The van der Waals surface area contributed by atoms with Gasteiger partial charge in [-0.05, 0) is 65.4 Å². The lowest BCUT2D eigenvalue weighted by atomic mass is 9.91. The number of rotatable bonds is 5. The number of pyridine rings is 2. The van der Waals surface area contributed by atoms with Gasteiger partial charge >= 0.3 is 0 Å². The zero-order valence-electron chi connectivity index (χ0n) is 17.0. The molecule has 1 aromatic carbocycles.